The molecule has 130 valence electrons. The highest BCUT2D eigenvalue weighted by Gasteiger charge is 2.39. The van der Waals surface area contributed by atoms with Crippen molar-refractivity contribution < 1.29 is 19.4 Å². The molecular weight excluding hydrogens is 316 g/mol. The number of nitrogens with zero attached hydrogens (tertiary/aromatic N) is 1. The fraction of sp³-hybridized carbons (Fsp3) is 0.875. The highest BCUT2D eigenvalue weighted by atomic mass is 32.2. The molecule has 7 heteroatoms. The Morgan fingerprint density at radius 1 is 1.17 bits per heavy atom. The van der Waals surface area contributed by atoms with Gasteiger partial charge in [-0.05, 0) is 38.5 Å². The number of amides is 2. The van der Waals surface area contributed by atoms with Crippen LogP contribution < -0.4 is 5.32 Å². The predicted molar refractivity (Wildman–Crippen MR) is 88.7 cm³/mol. The van der Waals surface area contributed by atoms with E-state index in [2.05, 4.69) is 5.32 Å². The molecular formula is C16H26N2O4S. The number of ether oxygens (including phenoxy) is 1. The summed E-state index contributed by atoms with van der Waals surface area (Å²) in [7, 11) is 0. The third-order valence-corrected chi connectivity index (χ3v) is 6.88. The van der Waals surface area contributed by atoms with Gasteiger partial charge in [0.2, 0.25) is 0 Å². The lowest BCUT2D eigenvalue weighted by Crippen LogP contribution is -2.55. The zero-order chi connectivity index (χ0) is 16.3. The summed E-state index contributed by atoms with van der Waals surface area (Å²) in [6.07, 6.45) is 4.90. The van der Waals surface area contributed by atoms with Gasteiger partial charge in [-0.1, -0.05) is 0 Å². The third-order valence-electron chi connectivity index (χ3n) is 5.34. The first-order valence-corrected chi connectivity index (χ1v) is 9.56. The molecule has 0 aromatic rings. The summed E-state index contributed by atoms with van der Waals surface area (Å²) in [5.41, 5.74) is 0. The van der Waals surface area contributed by atoms with Gasteiger partial charge in [0.25, 0.3) is 0 Å². The summed E-state index contributed by atoms with van der Waals surface area (Å²) < 4.78 is 5.64. The largest absolute Gasteiger partial charge is 0.481 e. The van der Waals surface area contributed by atoms with E-state index in [1.165, 1.54) is 0 Å². The molecule has 0 radical (unpaired) electrons. The minimum absolute atomic E-state index is 0.0231. The number of carbonyl (C=O) groups is 2. The van der Waals surface area contributed by atoms with Crippen LogP contribution in [0.25, 0.3) is 0 Å². The molecule has 3 aliphatic rings. The Labute approximate surface area is 141 Å². The van der Waals surface area contributed by atoms with Crippen molar-refractivity contribution in [1.29, 1.82) is 0 Å². The summed E-state index contributed by atoms with van der Waals surface area (Å²) in [6.45, 7) is 3.18. The Hall–Kier alpha value is -0.950. The van der Waals surface area contributed by atoms with E-state index in [-0.39, 0.29) is 22.7 Å². The first kappa shape index (κ1) is 16.9. The Bertz CT molecular complexity index is 440. The highest BCUT2D eigenvalue weighted by Crippen LogP contribution is 2.39. The SMILES string of the molecule is O=C(O)C1CCC(NC(=O)N2CCSC3(CCOCC3)C2)CC1. The number of hydrogen-bond donors (Lipinski definition) is 2. The second-order valence-corrected chi connectivity index (χ2v) is 8.46. The number of aliphatic carboxylic acids is 1. The summed E-state index contributed by atoms with van der Waals surface area (Å²) >= 11 is 1.99. The minimum atomic E-state index is -0.704. The van der Waals surface area contributed by atoms with Crippen LogP contribution in [0.2, 0.25) is 0 Å². The molecule has 2 amide bonds. The van der Waals surface area contributed by atoms with E-state index in [1.54, 1.807) is 0 Å². The maximum absolute atomic E-state index is 12.6. The van der Waals surface area contributed by atoms with E-state index >= 15 is 0 Å². The Morgan fingerprint density at radius 3 is 2.52 bits per heavy atom. The van der Waals surface area contributed by atoms with Gasteiger partial charge in [0.1, 0.15) is 0 Å². The monoisotopic (exact) mass is 342 g/mol. The van der Waals surface area contributed by atoms with Crippen LogP contribution in [0.5, 0.6) is 0 Å². The quantitative estimate of drug-likeness (QED) is 0.802. The zero-order valence-corrected chi connectivity index (χ0v) is 14.3. The zero-order valence-electron chi connectivity index (χ0n) is 13.5. The van der Waals surface area contributed by atoms with Gasteiger partial charge in [-0.3, -0.25) is 4.79 Å². The van der Waals surface area contributed by atoms with Crippen molar-refractivity contribution in [3.8, 4) is 0 Å². The van der Waals surface area contributed by atoms with Crippen molar-refractivity contribution in [2.75, 3.05) is 32.1 Å². The van der Waals surface area contributed by atoms with Crippen molar-refractivity contribution >= 4 is 23.8 Å². The number of carboxylic acids is 1. The maximum Gasteiger partial charge on any atom is 0.317 e. The van der Waals surface area contributed by atoms with Crippen LogP contribution in [-0.2, 0) is 9.53 Å². The van der Waals surface area contributed by atoms with E-state index < -0.39 is 5.97 Å². The molecule has 0 atom stereocenters. The summed E-state index contributed by atoms with van der Waals surface area (Å²) in [6, 6.07) is 0.147. The van der Waals surface area contributed by atoms with Gasteiger partial charge in [0, 0.05) is 42.8 Å². The second-order valence-electron chi connectivity index (χ2n) is 6.90. The molecule has 1 saturated carbocycles. The number of urea groups is 1. The highest BCUT2D eigenvalue weighted by molar-refractivity contribution is 8.00. The molecule has 2 saturated heterocycles. The number of hydrogen-bond acceptors (Lipinski definition) is 4. The molecule has 6 nitrogen and oxygen atoms in total. The maximum atomic E-state index is 12.6. The number of thioether (sulfide) groups is 1. The summed E-state index contributed by atoms with van der Waals surface area (Å²) in [5.74, 6) is 0.0449. The third kappa shape index (κ3) is 4.12. The first-order valence-electron chi connectivity index (χ1n) is 8.58. The molecule has 1 spiro atoms. The van der Waals surface area contributed by atoms with Crippen LogP contribution in [0, 0.1) is 5.92 Å². The molecule has 3 fully saturated rings. The molecule has 2 aliphatic heterocycles. The number of nitrogens with one attached hydrogen (secondary N) is 1. The molecule has 0 aromatic heterocycles. The number of rotatable bonds is 2. The van der Waals surface area contributed by atoms with E-state index in [9.17, 15) is 9.59 Å². The fourth-order valence-electron chi connectivity index (χ4n) is 3.81. The average Bonchev–Trinajstić information content (AvgIpc) is 2.56. The lowest BCUT2D eigenvalue weighted by Gasteiger charge is -2.44. The fourth-order valence-corrected chi connectivity index (χ4v) is 5.26. The molecule has 1 aliphatic carbocycles. The molecule has 23 heavy (non-hydrogen) atoms. The van der Waals surface area contributed by atoms with Gasteiger partial charge >= 0.3 is 12.0 Å². The molecule has 2 heterocycles. The molecule has 0 bridgehead atoms. The molecule has 0 aromatic carbocycles. The van der Waals surface area contributed by atoms with Crippen molar-refractivity contribution in [3.05, 3.63) is 0 Å². The normalized spacial score (nSPS) is 30.9. The minimum Gasteiger partial charge on any atom is -0.481 e. The first-order chi connectivity index (χ1) is 11.1. The van der Waals surface area contributed by atoms with Crippen LogP contribution in [0.15, 0.2) is 0 Å². The van der Waals surface area contributed by atoms with Gasteiger partial charge in [0.15, 0.2) is 0 Å². The Kier molecular flexibility index (Phi) is 5.36. The van der Waals surface area contributed by atoms with Gasteiger partial charge < -0.3 is 20.1 Å². The number of carboxylic acid groups (broad SMARTS) is 1. The van der Waals surface area contributed by atoms with Gasteiger partial charge in [-0.25, -0.2) is 4.79 Å². The van der Waals surface area contributed by atoms with Crippen LogP contribution in [0.3, 0.4) is 0 Å². The van der Waals surface area contributed by atoms with Gasteiger partial charge in [-0.15, -0.1) is 0 Å². The van der Waals surface area contributed by atoms with Gasteiger partial charge in [0.05, 0.1) is 5.92 Å². The van der Waals surface area contributed by atoms with Crippen LogP contribution in [0.1, 0.15) is 38.5 Å². The molecule has 2 N–H and O–H groups in total. The van der Waals surface area contributed by atoms with Crippen LogP contribution in [0.4, 0.5) is 4.79 Å². The predicted octanol–water partition coefficient (Wildman–Crippen LogP) is 1.94. The van der Waals surface area contributed by atoms with Crippen molar-refractivity contribution in [2.45, 2.75) is 49.3 Å². The number of carbonyl (C=O) groups excluding carboxylic acids is 1. The van der Waals surface area contributed by atoms with E-state index in [4.69, 9.17) is 9.84 Å². The topological polar surface area (TPSA) is 78.9 Å². The van der Waals surface area contributed by atoms with Crippen molar-refractivity contribution in [2.24, 2.45) is 5.92 Å². The van der Waals surface area contributed by atoms with E-state index in [1.807, 2.05) is 16.7 Å². The molecule has 0 unspecified atom stereocenters. The smallest absolute Gasteiger partial charge is 0.317 e. The van der Waals surface area contributed by atoms with E-state index in [0.717, 1.165) is 57.7 Å². The lowest BCUT2D eigenvalue weighted by atomic mass is 9.86. The summed E-state index contributed by atoms with van der Waals surface area (Å²) in [5, 5.41) is 12.2. The van der Waals surface area contributed by atoms with Crippen molar-refractivity contribution in [3.63, 3.8) is 0 Å². The molecule has 3 rings (SSSR count). The Balaban J connectivity index is 1.49. The summed E-state index contributed by atoms with van der Waals surface area (Å²) in [4.78, 5) is 25.5. The van der Waals surface area contributed by atoms with E-state index in [0.29, 0.717) is 12.8 Å². The van der Waals surface area contributed by atoms with Crippen LogP contribution >= 0.6 is 11.8 Å². The standard InChI is InChI=1S/C16H26N2O4S/c19-14(20)12-1-3-13(4-2-12)17-15(21)18-7-10-23-16(11-18)5-8-22-9-6-16/h12-13H,1-11H2,(H,17,21)(H,19,20). The Morgan fingerprint density at radius 2 is 1.87 bits per heavy atom. The average molecular weight is 342 g/mol. The lowest BCUT2D eigenvalue weighted by molar-refractivity contribution is -0.142. The second kappa shape index (κ2) is 7.30. The van der Waals surface area contributed by atoms with Gasteiger partial charge in [-0.2, -0.15) is 11.8 Å². The van der Waals surface area contributed by atoms with Crippen LogP contribution in [-0.4, -0.2) is 64.9 Å². The van der Waals surface area contributed by atoms with Crippen molar-refractivity contribution in [1.82, 2.24) is 10.2 Å².